The Hall–Kier alpha value is -1.44. The third-order valence-electron chi connectivity index (χ3n) is 4.38. The van der Waals surface area contributed by atoms with E-state index in [9.17, 15) is 4.79 Å². The molecule has 6 nitrogen and oxygen atoms in total. The van der Waals surface area contributed by atoms with Crippen LogP contribution in [-0.4, -0.2) is 34.4 Å². The average molecular weight is 370 g/mol. The average Bonchev–Trinajstić information content (AvgIpc) is 3.04. The van der Waals surface area contributed by atoms with Crippen molar-refractivity contribution in [2.75, 3.05) is 24.5 Å². The lowest BCUT2D eigenvalue weighted by Gasteiger charge is -2.32. The second-order valence-corrected chi connectivity index (χ2v) is 6.90. The number of aromatic nitrogens is 3. The zero-order valence-corrected chi connectivity index (χ0v) is 15.5. The van der Waals surface area contributed by atoms with Gasteiger partial charge in [-0.15, -0.1) is 23.7 Å². The van der Waals surface area contributed by atoms with Gasteiger partial charge in [0.2, 0.25) is 0 Å². The van der Waals surface area contributed by atoms with Gasteiger partial charge >= 0.3 is 0 Å². The number of thiazole rings is 1. The monoisotopic (exact) mass is 369 g/mol. The highest BCUT2D eigenvalue weighted by molar-refractivity contribution is 7.09. The third-order valence-corrected chi connectivity index (χ3v) is 5.42. The molecule has 3 heterocycles. The quantitative estimate of drug-likeness (QED) is 0.871. The van der Waals surface area contributed by atoms with Gasteiger partial charge < -0.3 is 10.6 Å². The molecule has 0 unspecified atom stereocenters. The number of hydrogen-bond acceptors (Lipinski definition) is 6. The maximum absolute atomic E-state index is 12.3. The molecule has 0 spiro atoms. The molecule has 0 aliphatic carbocycles. The van der Waals surface area contributed by atoms with Crippen molar-refractivity contribution in [3.8, 4) is 0 Å². The van der Waals surface area contributed by atoms with Gasteiger partial charge in [-0.2, -0.15) is 5.10 Å². The molecule has 0 amide bonds. The first kappa shape index (κ1) is 18.9. The molecule has 8 heteroatoms. The SMILES string of the molecule is CCc1nc(Cn2ncc(N3CCC(CN)CC3)cc2=O)cs1.Cl. The smallest absolute Gasteiger partial charge is 0.269 e. The molecule has 24 heavy (non-hydrogen) atoms. The van der Waals surface area contributed by atoms with E-state index < -0.39 is 0 Å². The molecule has 0 bridgehead atoms. The second kappa shape index (κ2) is 8.60. The van der Waals surface area contributed by atoms with Crippen LogP contribution in [0.15, 0.2) is 22.4 Å². The van der Waals surface area contributed by atoms with Gasteiger partial charge in [0.25, 0.3) is 5.56 Å². The van der Waals surface area contributed by atoms with E-state index in [1.807, 2.05) is 5.38 Å². The molecule has 2 aromatic heterocycles. The van der Waals surface area contributed by atoms with Gasteiger partial charge in [0, 0.05) is 24.5 Å². The van der Waals surface area contributed by atoms with Crippen molar-refractivity contribution in [1.29, 1.82) is 0 Å². The first-order chi connectivity index (χ1) is 11.2. The second-order valence-electron chi connectivity index (χ2n) is 5.96. The van der Waals surface area contributed by atoms with Gasteiger partial charge in [0.1, 0.15) is 0 Å². The highest BCUT2D eigenvalue weighted by Crippen LogP contribution is 2.21. The Bertz CT molecular complexity index is 708. The fourth-order valence-electron chi connectivity index (χ4n) is 2.88. The third kappa shape index (κ3) is 4.34. The lowest BCUT2D eigenvalue weighted by Crippen LogP contribution is -2.37. The molecule has 3 rings (SSSR count). The number of aryl methyl sites for hydroxylation is 1. The number of anilines is 1. The summed E-state index contributed by atoms with van der Waals surface area (Å²) in [5.41, 5.74) is 7.46. The molecule has 132 valence electrons. The number of halogens is 1. The van der Waals surface area contributed by atoms with Gasteiger partial charge in [0.15, 0.2) is 0 Å². The molecule has 0 saturated carbocycles. The zero-order valence-electron chi connectivity index (χ0n) is 13.9. The fourth-order valence-corrected chi connectivity index (χ4v) is 3.62. The van der Waals surface area contributed by atoms with Gasteiger partial charge in [-0.25, -0.2) is 9.67 Å². The highest BCUT2D eigenvalue weighted by atomic mass is 35.5. The number of nitrogens with zero attached hydrogens (tertiary/aromatic N) is 4. The van der Waals surface area contributed by atoms with E-state index in [2.05, 4.69) is 21.9 Å². The topological polar surface area (TPSA) is 77.0 Å². The van der Waals surface area contributed by atoms with E-state index in [-0.39, 0.29) is 18.0 Å². The normalized spacial score (nSPS) is 15.3. The predicted molar refractivity (Wildman–Crippen MR) is 100 cm³/mol. The van der Waals surface area contributed by atoms with Crippen LogP contribution in [0.2, 0.25) is 0 Å². The summed E-state index contributed by atoms with van der Waals surface area (Å²) >= 11 is 1.63. The summed E-state index contributed by atoms with van der Waals surface area (Å²) in [4.78, 5) is 19.0. The predicted octanol–water partition coefficient (Wildman–Crippen LogP) is 1.91. The van der Waals surface area contributed by atoms with Crippen LogP contribution in [0, 0.1) is 5.92 Å². The minimum Gasteiger partial charge on any atom is -0.370 e. The van der Waals surface area contributed by atoms with Crippen LogP contribution in [0.25, 0.3) is 0 Å². The Morgan fingerprint density at radius 2 is 2.12 bits per heavy atom. The van der Waals surface area contributed by atoms with E-state index >= 15 is 0 Å². The van der Waals surface area contributed by atoms with Crippen LogP contribution in [0.4, 0.5) is 5.69 Å². The molecular weight excluding hydrogens is 346 g/mol. The molecule has 1 aliphatic rings. The number of rotatable bonds is 5. The van der Waals surface area contributed by atoms with Gasteiger partial charge in [-0.3, -0.25) is 4.79 Å². The molecule has 0 atom stereocenters. The van der Waals surface area contributed by atoms with E-state index in [4.69, 9.17) is 5.73 Å². The molecule has 0 radical (unpaired) electrons. The van der Waals surface area contributed by atoms with E-state index in [1.165, 1.54) is 4.68 Å². The van der Waals surface area contributed by atoms with Gasteiger partial charge in [0.05, 0.1) is 29.1 Å². The van der Waals surface area contributed by atoms with Crippen LogP contribution in [0.5, 0.6) is 0 Å². The maximum Gasteiger partial charge on any atom is 0.269 e. The lowest BCUT2D eigenvalue weighted by molar-refractivity contribution is 0.414. The van der Waals surface area contributed by atoms with Crippen molar-refractivity contribution >= 4 is 29.4 Å². The van der Waals surface area contributed by atoms with E-state index in [0.717, 1.165) is 55.3 Å². The first-order valence-corrected chi connectivity index (χ1v) is 9.03. The van der Waals surface area contributed by atoms with Crippen molar-refractivity contribution in [3.05, 3.63) is 38.7 Å². The fraction of sp³-hybridized carbons (Fsp3) is 0.562. The largest absolute Gasteiger partial charge is 0.370 e. The lowest BCUT2D eigenvalue weighted by atomic mass is 9.97. The van der Waals surface area contributed by atoms with Crippen LogP contribution in [0.1, 0.15) is 30.5 Å². The Morgan fingerprint density at radius 1 is 1.38 bits per heavy atom. The van der Waals surface area contributed by atoms with Crippen molar-refractivity contribution < 1.29 is 0 Å². The summed E-state index contributed by atoms with van der Waals surface area (Å²) in [6.45, 7) is 5.15. The summed E-state index contributed by atoms with van der Waals surface area (Å²) in [6.07, 6.45) is 4.87. The number of nitrogens with two attached hydrogens (primary N) is 1. The Morgan fingerprint density at radius 3 is 2.71 bits per heavy atom. The standard InChI is InChI=1S/C16H23N5OS.ClH/c1-2-15-19-13(11-23-15)10-21-16(22)7-14(9-18-21)20-5-3-12(8-17)4-6-20;/h7,9,11-12H,2-6,8,10,17H2,1H3;1H. The molecule has 1 saturated heterocycles. The van der Waals surface area contributed by atoms with Gasteiger partial charge in [-0.05, 0) is 31.7 Å². The molecule has 2 N–H and O–H groups in total. The van der Waals surface area contributed by atoms with Crippen molar-refractivity contribution in [2.45, 2.75) is 32.7 Å². The van der Waals surface area contributed by atoms with Crippen LogP contribution in [0.3, 0.4) is 0 Å². The molecule has 0 aromatic carbocycles. The molecule has 1 aliphatic heterocycles. The summed E-state index contributed by atoms with van der Waals surface area (Å²) in [7, 11) is 0. The van der Waals surface area contributed by atoms with E-state index in [1.54, 1.807) is 23.6 Å². The molecule has 1 fully saturated rings. The molecule has 2 aromatic rings. The summed E-state index contributed by atoms with van der Waals surface area (Å²) in [5, 5.41) is 7.41. The highest BCUT2D eigenvalue weighted by Gasteiger charge is 2.19. The first-order valence-electron chi connectivity index (χ1n) is 8.15. The summed E-state index contributed by atoms with van der Waals surface area (Å²) in [6, 6.07) is 1.68. The Balaban J connectivity index is 0.00000208. The maximum atomic E-state index is 12.3. The van der Waals surface area contributed by atoms with Crippen molar-refractivity contribution in [1.82, 2.24) is 14.8 Å². The zero-order chi connectivity index (χ0) is 16.2. The Labute approximate surface area is 152 Å². The van der Waals surface area contributed by atoms with Crippen molar-refractivity contribution in [3.63, 3.8) is 0 Å². The summed E-state index contributed by atoms with van der Waals surface area (Å²) in [5.74, 6) is 0.608. The number of piperidine rings is 1. The van der Waals surface area contributed by atoms with Gasteiger partial charge in [-0.1, -0.05) is 6.92 Å². The minimum atomic E-state index is -0.0745. The Kier molecular flexibility index (Phi) is 6.77. The van der Waals surface area contributed by atoms with Crippen LogP contribution in [-0.2, 0) is 13.0 Å². The van der Waals surface area contributed by atoms with Crippen LogP contribution < -0.4 is 16.2 Å². The summed E-state index contributed by atoms with van der Waals surface area (Å²) < 4.78 is 1.48. The molecular formula is C16H24ClN5OS. The van der Waals surface area contributed by atoms with Crippen molar-refractivity contribution in [2.24, 2.45) is 11.7 Å². The number of hydrogen-bond donors (Lipinski definition) is 1. The minimum absolute atomic E-state index is 0. The van der Waals surface area contributed by atoms with Crippen LogP contribution >= 0.6 is 23.7 Å². The van der Waals surface area contributed by atoms with E-state index in [0.29, 0.717) is 12.5 Å².